The molecular formula is C14H13NO4. The van der Waals surface area contributed by atoms with Crippen LogP contribution in [0, 0.1) is 5.41 Å². The van der Waals surface area contributed by atoms with Crippen LogP contribution in [-0.2, 0) is 9.53 Å². The number of nitrogens with zero attached hydrogens (tertiary/aromatic N) is 1. The van der Waals surface area contributed by atoms with Crippen molar-refractivity contribution in [2.75, 3.05) is 13.7 Å². The number of esters is 1. The molecule has 0 N–H and O–H groups in total. The van der Waals surface area contributed by atoms with Gasteiger partial charge in [0, 0.05) is 6.54 Å². The maximum Gasteiger partial charge on any atom is 0.313 e. The molecule has 98 valence electrons. The van der Waals surface area contributed by atoms with Gasteiger partial charge in [-0.3, -0.25) is 19.3 Å². The van der Waals surface area contributed by atoms with Gasteiger partial charge in [0.25, 0.3) is 11.8 Å². The Kier molecular flexibility index (Phi) is 2.45. The zero-order chi connectivity index (χ0) is 13.6. The Morgan fingerprint density at radius 1 is 1.21 bits per heavy atom. The van der Waals surface area contributed by atoms with Crippen LogP contribution in [0.15, 0.2) is 24.3 Å². The molecular weight excluding hydrogens is 246 g/mol. The molecule has 1 fully saturated rings. The number of imide groups is 1. The molecule has 3 rings (SSSR count). The molecule has 2 amide bonds. The number of carbonyl (C=O) groups excluding carboxylic acids is 3. The van der Waals surface area contributed by atoms with Gasteiger partial charge in [-0.05, 0) is 25.0 Å². The van der Waals surface area contributed by atoms with E-state index in [-0.39, 0.29) is 24.3 Å². The van der Waals surface area contributed by atoms with E-state index in [1.54, 1.807) is 24.3 Å². The van der Waals surface area contributed by atoms with E-state index in [2.05, 4.69) is 0 Å². The summed E-state index contributed by atoms with van der Waals surface area (Å²) in [6.07, 6.45) is 1.32. The highest BCUT2D eigenvalue weighted by atomic mass is 16.5. The van der Waals surface area contributed by atoms with Crippen LogP contribution in [0.1, 0.15) is 33.6 Å². The minimum absolute atomic E-state index is 0.117. The highest BCUT2D eigenvalue weighted by Gasteiger charge is 2.54. The second kappa shape index (κ2) is 3.91. The van der Waals surface area contributed by atoms with E-state index in [0.29, 0.717) is 24.0 Å². The summed E-state index contributed by atoms with van der Waals surface area (Å²) in [5, 5.41) is 0. The van der Waals surface area contributed by atoms with Crippen molar-refractivity contribution in [2.24, 2.45) is 5.41 Å². The molecule has 0 spiro atoms. The van der Waals surface area contributed by atoms with Gasteiger partial charge in [-0.15, -0.1) is 0 Å². The zero-order valence-corrected chi connectivity index (χ0v) is 10.5. The van der Waals surface area contributed by atoms with Gasteiger partial charge < -0.3 is 4.74 Å². The summed E-state index contributed by atoms with van der Waals surface area (Å²) in [5.74, 6) is -0.990. The monoisotopic (exact) mass is 259 g/mol. The van der Waals surface area contributed by atoms with Crippen molar-refractivity contribution in [1.82, 2.24) is 4.90 Å². The number of rotatable bonds is 3. The molecule has 0 aromatic heterocycles. The van der Waals surface area contributed by atoms with Crippen molar-refractivity contribution < 1.29 is 19.1 Å². The van der Waals surface area contributed by atoms with Crippen molar-refractivity contribution in [1.29, 1.82) is 0 Å². The molecule has 0 bridgehead atoms. The van der Waals surface area contributed by atoms with Crippen LogP contribution < -0.4 is 0 Å². The summed E-state index contributed by atoms with van der Waals surface area (Å²) in [6.45, 7) is 0.117. The van der Waals surface area contributed by atoms with Crippen molar-refractivity contribution in [3.63, 3.8) is 0 Å². The third kappa shape index (κ3) is 1.65. The molecule has 1 saturated carbocycles. The lowest BCUT2D eigenvalue weighted by atomic mass is 10.1. The number of amides is 2. The molecule has 5 nitrogen and oxygen atoms in total. The van der Waals surface area contributed by atoms with Crippen LogP contribution in [-0.4, -0.2) is 36.3 Å². The fourth-order valence-corrected chi connectivity index (χ4v) is 2.48. The minimum atomic E-state index is -0.678. The van der Waals surface area contributed by atoms with Crippen LogP contribution >= 0.6 is 0 Å². The fourth-order valence-electron chi connectivity index (χ4n) is 2.48. The topological polar surface area (TPSA) is 63.7 Å². The Hall–Kier alpha value is -2.17. The van der Waals surface area contributed by atoms with Gasteiger partial charge in [0.1, 0.15) is 0 Å². The Labute approximate surface area is 110 Å². The van der Waals surface area contributed by atoms with Crippen LogP contribution in [0.4, 0.5) is 0 Å². The van der Waals surface area contributed by atoms with Crippen molar-refractivity contribution in [3.05, 3.63) is 35.4 Å². The molecule has 1 aliphatic carbocycles. The van der Waals surface area contributed by atoms with E-state index in [1.807, 2.05) is 0 Å². The first-order valence-corrected chi connectivity index (χ1v) is 6.13. The molecule has 5 heteroatoms. The number of benzene rings is 1. The smallest absolute Gasteiger partial charge is 0.313 e. The van der Waals surface area contributed by atoms with Gasteiger partial charge >= 0.3 is 5.97 Å². The van der Waals surface area contributed by atoms with E-state index in [9.17, 15) is 14.4 Å². The Morgan fingerprint density at radius 2 is 1.74 bits per heavy atom. The summed E-state index contributed by atoms with van der Waals surface area (Å²) < 4.78 is 4.75. The van der Waals surface area contributed by atoms with Gasteiger partial charge in [-0.25, -0.2) is 0 Å². The first-order chi connectivity index (χ1) is 9.09. The highest BCUT2D eigenvalue weighted by Crippen LogP contribution is 2.48. The summed E-state index contributed by atoms with van der Waals surface area (Å²) in [7, 11) is 1.32. The predicted molar refractivity (Wildman–Crippen MR) is 65.5 cm³/mol. The fraction of sp³-hybridized carbons (Fsp3) is 0.357. The number of ether oxygens (including phenoxy) is 1. The second-order valence-corrected chi connectivity index (χ2v) is 5.01. The average Bonchev–Trinajstić information content (AvgIpc) is 3.19. The summed E-state index contributed by atoms with van der Waals surface area (Å²) in [4.78, 5) is 37.2. The van der Waals surface area contributed by atoms with E-state index >= 15 is 0 Å². The Balaban J connectivity index is 1.87. The number of carbonyl (C=O) groups is 3. The Bertz CT molecular complexity index is 554. The van der Waals surface area contributed by atoms with Gasteiger partial charge in [0.05, 0.1) is 23.7 Å². The molecule has 1 aromatic rings. The summed E-state index contributed by atoms with van der Waals surface area (Å²) >= 11 is 0. The first-order valence-electron chi connectivity index (χ1n) is 6.13. The first kappa shape index (κ1) is 11.9. The summed E-state index contributed by atoms with van der Waals surface area (Å²) in [6, 6.07) is 6.71. The number of methoxy groups -OCH3 is 1. The largest absolute Gasteiger partial charge is 0.469 e. The van der Waals surface area contributed by atoms with Crippen molar-refractivity contribution in [3.8, 4) is 0 Å². The number of fused-ring (bicyclic) bond motifs is 1. The van der Waals surface area contributed by atoms with E-state index in [1.165, 1.54) is 7.11 Å². The van der Waals surface area contributed by atoms with Gasteiger partial charge in [-0.1, -0.05) is 12.1 Å². The molecule has 19 heavy (non-hydrogen) atoms. The van der Waals surface area contributed by atoms with Crippen molar-refractivity contribution >= 4 is 17.8 Å². The van der Waals surface area contributed by atoms with Crippen LogP contribution in [0.5, 0.6) is 0 Å². The summed E-state index contributed by atoms with van der Waals surface area (Å²) in [5.41, 5.74) is 0.142. The lowest BCUT2D eigenvalue weighted by Crippen LogP contribution is -2.38. The van der Waals surface area contributed by atoms with Crippen molar-refractivity contribution in [2.45, 2.75) is 12.8 Å². The lowest BCUT2D eigenvalue weighted by molar-refractivity contribution is -0.147. The third-order valence-electron chi connectivity index (χ3n) is 3.81. The SMILES string of the molecule is COC(=O)C1(CN2C(=O)c3ccccc3C2=O)CC1. The molecule has 1 heterocycles. The zero-order valence-electron chi connectivity index (χ0n) is 10.5. The quantitative estimate of drug-likeness (QED) is 0.605. The van der Waals surface area contributed by atoms with Crippen LogP contribution in [0.25, 0.3) is 0 Å². The van der Waals surface area contributed by atoms with Crippen LogP contribution in [0.2, 0.25) is 0 Å². The maximum atomic E-state index is 12.2. The Morgan fingerprint density at radius 3 is 2.16 bits per heavy atom. The molecule has 0 radical (unpaired) electrons. The van der Waals surface area contributed by atoms with Crippen LogP contribution in [0.3, 0.4) is 0 Å². The minimum Gasteiger partial charge on any atom is -0.469 e. The molecule has 0 saturated heterocycles. The van der Waals surface area contributed by atoms with Gasteiger partial charge in [0.15, 0.2) is 0 Å². The number of hydrogen-bond acceptors (Lipinski definition) is 4. The molecule has 1 aliphatic heterocycles. The third-order valence-corrected chi connectivity index (χ3v) is 3.81. The predicted octanol–water partition coefficient (Wildman–Crippen LogP) is 1.24. The second-order valence-electron chi connectivity index (χ2n) is 5.01. The lowest BCUT2D eigenvalue weighted by Gasteiger charge is -2.19. The van der Waals surface area contributed by atoms with Gasteiger partial charge in [-0.2, -0.15) is 0 Å². The van der Waals surface area contributed by atoms with E-state index in [0.717, 1.165) is 4.90 Å². The van der Waals surface area contributed by atoms with Gasteiger partial charge in [0.2, 0.25) is 0 Å². The highest BCUT2D eigenvalue weighted by molar-refractivity contribution is 6.21. The van der Waals surface area contributed by atoms with E-state index < -0.39 is 5.41 Å². The van der Waals surface area contributed by atoms with E-state index in [4.69, 9.17) is 4.74 Å². The standard InChI is InChI=1S/C14H13NO4/c1-19-13(18)14(6-7-14)8-15-11(16)9-4-2-3-5-10(9)12(15)17/h2-5H,6-8H2,1H3. The molecule has 0 unspecified atom stereocenters. The average molecular weight is 259 g/mol. The molecule has 0 atom stereocenters. The number of hydrogen-bond donors (Lipinski definition) is 0. The maximum absolute atomic E-state index is 12.2. The molecule has 2 aliphatic rings. The normalized spacial score (nSPS) is 19.3. The molecule has 1 aromatic carbocycles.